The second-order valence-corrected chi connectivity index (χ2v) is 3.38. The fourth-order valence-electron chi connectivity index (χ4n) is 1.64. The Morgan fingerprint density at radius 2 is 2.20 bits per heavy atom. The molecule has 3 atom stereocenters. The Morgan fingerprint density at radius 3 is 2.60 bits per heavy atom. The second-order valence-electron chi connectivity index (χ2n) is 3.38. The number of alkyl halides is 1. The molecule has 60 valence electrons. The molecule has 0 bridgehead atoms. The first-order valence-corrected chi connectivity index (χ1v) is 4.10. The van der Waals surface area contributed by atoms with E-state index in [1.165, 1.54) is 0 Å². The van der Waals surface area contributed by atoms with Crippen LogP contribution in [0.1, 0.15) is 32.6 Å². The van der Waals surface area contributed by atoms with Gasteiger partial charge in [-0.2, -0.15) is 0 Å². The summed E-state index contributed by atoms with van der Waals surface area (Å²) in [6.07, 6.45) is 3.01. The van der Waals surface area contributed by atoms with Gasteiger partial charge < -0.3 is 5.73 Å². The normalized spacial score (nSPS) is 37.5. The minimum absolute atomic E-state index is 0.179. The molecule has 0 saturated heterocycles. The average Bonchev–Trinajstić information content (AvgIpc) is 1.88. The lowest BCUT2D eigenvalue weighted by atomic mass is 9.84. The van der Waals surface area contributed by atoms with Gasteiger partial charge in [0.1, 0.15) is 6.17 Å². The summed E-state index contributed by atoms with van der Waals surface area (Å²) in [7, 11) is 0. The van der Waals surface area contributed by atoms with E-state index in [1.54, 1.807) is 0 Å². The number of hydrogen-bond acceptors (Lipinski definition) is 1. The zero-order valence-electron chi connectivity index (χ0n) is 6.52. The Morgan fingerprint density at radius 1 is 1.50 bits per heavy atom. The zero-order chi connectivity index (χ0) is 7.56. The third-order valence-electron chi connectivity index (χ3n) is 2.39. The van der Waals surface area contributed by atoms with Crippen LogP contribution in [-0.4, -0.2) is 12.2 Å². The lowest BCUT2D eigenvalue weighted by molar-refractivity contribution is 0.184. The van der Waals surface area contributed by atoms with Gasteiger partial charge in [-0.3, -0.25) is 0 Å². The van der Waals surface area contributed by atoms with Gasteiger partial charge in [0.15, 0.2) is 0 Å². The summed E-state index contributed by atoms with van der Waals surface area (Å²) in [4.78, 5) is 0. The molecule has 2 heteroatoms. The van der Waals surface area contributed by atoms with Gasteiger partial charge in [0.05, 0.1) is 0 Å². The maximum atomic E-state index is 12.7. The third-order valence-corrected chi connectivity index (χ3v) is 2.39. The minimum atomic E-state index is -0.579. The van der Waals surface area contributed by atoms with Gasteiger partial charge in [-0.25, -0.2) is 4.39 Å². The summed E-state index contributed by atoms with van der Waals surface area (Å²) in [6.45, 7) is 1.97. The van der Waals surface area contributed by atoms with E-state index < -0.39 is 6.17 Å². The summed E-state index contributed by atoms with van der Waals surface area (Å²) in [6, 6.07) is 0.179. The molecule has 1 fully saturated rings. The van der Waals surface area contributed by atoms with Crippen molar-refractivity contribution in [2.45, 2.75) is 44.8 Å². The average molecular weight is 145 g/mol. The van der Waals surface area contributed by atoms with Gasteiger partial charge in [-0.05, 0) is 32.1 Å². The van der Waals surface area contributed by atoms with Crippen LogP contribution in [0.2, 0.25) is 0 Å². The van der Waals surface area contributed by atoms with E-state index in [4.69, 9.17) is 5.73 Å². The molecule has 0 aromatic carbocycles. The molecule has 0 spiro atoms. The number of nitrogens with two attached hydrogens (primary N) is 1. The highest BCUT2D eigenvalue weighted by Gasteiger charge is 2.23. The van der Waals surface area contributed by atoms with Crippen LogP contribution < -0.4 is 5.73 Å². The zero-order valence-corrected chi connectivity index (χ0v) is 6.52. The van der Waals surface area contributed by atoms with Crippen molar-refractivity contribution in [2.75, 3.05) is 0 Å². The molecule has 0 aromatic rings. The fourth-order valence-corrected chi connectivity index (χ4v) is 1.64. The van der Waals surface area contributed by atoms with Crippen molar-refractivity contribution in [2.24, 2.45) is 11.7 Å². The first kappa shape index (κ1) is 7.99. The monoisotopic (exact) mass is 145 g/mol. The molecule has 1 nitrogen and oxygen atoms in total. The van der Waals surface area contributed by atoms with Crippen LogP contribution in [0.3, 0.4) is 0 Å². The largest absolute Gasteiger partial charge is 0.328 e. The highest BCUT2D eigenvalue weighted by Crippen LogP contribution is 2.27. The number of hydrogen-bond donors (Lipinski definition) is 1. The second kappa shape index (κ2) is 3.33. The lowest BCUT2D eigenvalue weighted by Gasteiger charge is -2.27. The summed E-state index contributed by atoms with van der Waals surface area (Å²) in [5.74, 6) is 0.434. The highest BCUT2D eigenvalue weighted by atomic mass is 19.1. The summed E-state index contributed by atoms with van der Waals surface area (Å²) < 4.78 is 12.7. The highest BCUT2D eigenvalue weighted by molar-refractivity contribution is 4.77. The molecule has 1 aliphatic rings. The standard InChI is InChI=1S/C8H16FN/c1-6(10)7-3-2-4-8(9)5-7/h6-8H,2-5,10H2,1H3/t6-,7+,8-/m0/s1. The van der Waals surface area contributed by atoms with Crippen LogP contribution in [0.25, 0.3) is 0 Å². The van der Waals surface area contributed by atoms with Gasteiger partial charge in [0, 0.05) is 6.04 Å². The predicted molar refractivity (Wildman–Crippen MR) is 40.5 cm³/mol. The third kappa shape index (κ3) is 1.94. The summed E-state index contributed by atoms with van der Waals surface area (Å²) >= 11 is 0. The molecule has 0 radical (unpaired) electrons. The van der Waals surface area contributed by atoms with Crippen molar-refractivity contribution in [1.82, 2.24) is 0 Å². The molecule has 0 unspecified atom stereocenters. The van der Waals surface area contributed by atoms with Crippen molar-refractivity contribution in [1.29, 1.82) is 0 Å². The Balaban J connectivity index is 2.32. The maximum Gasteiger partial charge on any atom is 0.100 e. The molecular formula is C8H16FN. The number of halogens is 1. The molecule has 0 aliphatic heterocycles. The van der Waals surface area contributed by atoms with Crippen molar-refractivity contribution in [3.63, 3.8) is 0 Å². The van der Waals surface area contributed by atoms with Gasteiger partial charge in [0.25, 0.3) is 0 Å². The fraction of sp³-hybridized carbons (Fsp3) is 1.00. The van der Waals surface area contributed by atoms with Crippen LogP contribution in [-0.2, 0) is 0 Å². The van der Waals surface area contributed by atoms with E-state index in [2.05, 4.69) is 0 Å². The van der Waals surface area contributed by atoms with Crippen LogP contribution >= 0.6 is 0 Å². The van der Waals surface area contributed by atoms with Crippen molar-refractivity contribution in [3.05, 3.63) is 0 Å². The molecular weight excluding hydrogens is 129 g/mol. The molecule has 1 rings (SSSR count). The molecule has 2 N–H and O–H groups in total. The molecule has 10 heavy (non-hydrogen) atoms. The van der Waals surface area contributed by atoms with E-state index >= 15 is 0 Å². The molecule has 0 heterocycles. The quantitative estimate of drug-likeness (QED) is 0.598. The summed E-state index contributed by atoms with van der Waals surface area (Å²) in [5, 5.41) is 0. The van der Waals surface area contributed by atoms with Crippen LogP contribution in [0.5, 0.6) is 0 Å². The van der Waals surface area contributed by atoms with Crippen molar-refractivity contribution < 1.29 is 4.39 Å². The van der Waals surface area contributed by atoms with Crippen molar-refractivity contribution in [3.8, 4) is 0 Å². The first-order chi connectivity index (χ1) is 4.70. The van der Waals surface area contributed by atoms with E-state index in [0.717, 1.165) is 19.3 Å². The topological polar surface area (TPSA) is 26.0 Å². The van der Waals surface area contributed by atoms with E-state index in [-0.39, 0.29) is 6.04 Å². The van der Waals surface area contributed by atoms with E-state index in [1.807, 2.05) is 6.92 Å². The molecule has 0 amide bonds. The smallest absolute Gasteiger partial charge is 0.100 e. The van der Waals surface area contributed by atoms with Gasteiger partial charge in [-0.1, -0.05) is 6.42 Å². The number of rotatable bonds is 1. The Labute approximate surface area is 61.8 Å². The molecule has 1 aliphatic carbocycles. The lowest BCUT2D eigenvalue weighted by Crippen LogP contribution is -2.31. The van der Waals surface area contributed by atoms with Gasteiger partial charge >= 0.3 is 0 Å². The summed E-state index contributed by atoms with van der Waals surface area (Å²) in [5.41, 5.74) is 5.66. The molecule has 1 saturated carbocycles. The predicted octanol–water partition coefficient (Wildman–Crippen LogP) is 1.86. The van der Waals surface area contributed by atoms with Gasteiger partial charge in [0.2, 0.25) is 0 Å². The first-order valence-electron chi connectivity index (χ1n) is 4.10. The Hall–Kier alpha value is -0.110. The van der Waals surface area contributed by atoms with Crippen LogP contribution in [0.4, 0.5) is 4.39 Å². The SMILES string of the molecule is C[C@H](N)[C@@H]1CCC[C@H](F)C1. The van der Waals surface area contributed by atoms with Crippen LogP contribution in [0, 0.1) is 5.92 Å². The van der Waals surface area contributed by atoms with Crippen LogP contribution in [0.15, 0.2) is 0 Å². The van der Waals surface area contributed by atoms with E-state index in [0.29, 0.717) is 12.3 Å². The van der Waals surface area contributed by atoms with Gasteiger partial charge in [-0.15, -0.1) is 0 Å². The maximum absolute atomic E-state index is 12.7. The minimum Gasteiger partial charge on any atom is -0.328 e. The Kier molecular flexibility index (Phi) is 2.66. The van der Waals surface area contributed by atoms with Crippen molar-refractivity contribution >= 4 is 0 Å². The Bertz CT molecular complexity index is 103. The molecule has 0 aromatic heterocycles. The van der Waals surface area contributed by atoms with E-state index in [9.17, 15) is 4.39 Å².